The molecule has 2 aromatic carbocycles. The molecule has 4 nitrogen and oxygen atoms in total. The summed E-state index contributed by atoms with van der Waals surface area (Å²) >= 11 is 2.07. The van der Waals surface area contributed by atoms with Gasteiger partial charge in [-0.3, -0.25) is 0 Å². The van der Waals surface area contributed by atoms with Crippen LogP contribution in [-0.2, 0) is 4.84 Å². The topological polar surface area (TPSA) is 64.7 Å². The van der Waals surface area contributed by atoms with Gasteiger partial charge in [0.2, 0.25) is 0 Å². The lowest BCUT2D eigenvalue weighted by atomic mass is 10.1. The third-order valence-corrected chi connectivity index (χ3v) is 3.58. The Hall–Kier alpha value is -1.89. The van der Waals surface area contributed by atoms with Gasteiger partial charge in [0, 0.05) is 9.13 Å². The van der Waals surface area contributed by atoms with Gasteiger partial charge in [-0.05, 0) is 47.7 Å². The average Bonchev–Trinajstić information content (AvgIpc) is 2.45. The summed E-state index contributed by atoms with van der Waals surface area (Å²) in [6.07, 6.45) is 0. The highest BCUT2D eigenvalue weighted by Crippen LogP contribution is 2.13. The third kappa shape index (κ3) is 3.57. The average molecular weight is 380 g/mol. The van der Waals surface area contributed by atoms with Crippen molar-refractivity contribution < 1.29 is 9.63 Å². The number of amidine groups is 1. The summed E-state index contributed by atoms with van der Waals surface area (Å²) in [5, 5.41) is 3.69. The van der Waals surface area contributed by atoms with Crippen LogP contribution in [0.4, 0.5) is 0 Å². The van der Waals surface area contributed by atoms with Crippen LogP contribution in [0.5, 0.6) is 0 Å². The van der Waals surface area contributed by atoms with Crippen molar-refractivity contribution >= 4 is 34.4 Å². The van der Waals surface area contributed by atoms with Crippen molar-refractivity contribution in [2.24, 2.45) is 10.9 Å². The fourth-order valence-corrected chi connectivity index (χ4v) is 2.23. The van der Waals surface area contributed by atoms with E-state index in [9.17, 15) is 4.79 Å². The smallest absolute Gasteiger partial charge is 0.366 e. The second kappa shape index (κ2) is 6.51. The van der Waals surface area contributed by atoms with Gasteiger partial charge in [0.25, 0.3) is 0 Å². The maximum absolute atomic E-state index is 11.9. The zero-order valence-electron chi connectivity index (χ0n) is 10.8. The number of carbonyl (C=O) groups excluding carboxylic acids is 1. The van der Waals surface area contributed by atoms with Gasteiger partial charge in [0.05, 0.1) is 5.56 Å². The molecule has 0 fully saturated rings. The minimum atomic E-state index is -0.523. The Bertz CT molecular complexity index is 668. The Morgan fingerprint density at radius 2 is 1.95 bits per heavy atom. The number of aryl methyl sites for hydroxylation is 1. The number of benzene rings is 2. The van der Waals surface area contributed by atoms with Crippen LogP contribution in [-0.4, -0.2) is 11.8 Å². The van der Waals surface area contributed by atoms with Crippen LogP contribution in [0.15, 0.2) is 53.7 Å². The first kappa shape index (κ1) is 14.5. The van der Waals surface area contributed by atoms with Crippen LogP contribution in [0.25, 0.3) is 0 Å². The molecule has 0 unspecified atom stereocenters. The number of nitrogens with zero attached hydrogens (tertiary/aromatic N) is 1. The zero-order chi connectivity index (χ0) is 14.5. The molecule has 0 aliphatic rings. The predicted molar refractivity (Wildman–Crippen MR) is 86.5 cm³/mol. The SMILES string of the molecule is Cc1cccc(C(N)=NOC(=O)c2ccccc2I)c1. The van der Waals surface area contributed by atoms with Crippen LogP contribution in [0.2, 0.25) is 0 Å². The van der Waals surface area contributed by atoms with Crippen molar-refractivity contribution in [1.29, 1.82) is 0 Å². The maximum Gasteiger partial charge on any atom is 0.366 e. The zero-order valence-corrected chi connectivity index (χ0v) is 13.0. The van der Waals surface area contributed by atoms with Gasteiger partial charge in [-0.25, -0.2) is 4.79 Å². The maximum atomic E-state index is 11.9. The van der Waals surface area contributed by atoms with Gasteiger partial charge < -0.3 is 10.6 Å². The summed E-state index contributed by atoms with van der Waals surface area (Å²) in [5.41, 5.74) is 8.05. The summed E-state index contributed by atoms with van der Waals surface area (Å²) in [7, 11) is 0. The second-order valence-electron chi connectivity index (χ2n) is 4.20. The van der Waals surface area contributed by atoms with Crippen molar-refractivity contribution in [3.05, 3.63) is 68.8 Å². The van der Waals surface area contributed by atoms with E-state index < -0.39 is 5.97 Å². The Morgan fingerprint density at radius 1 is 1.20 bits per heavy atom. The van der Waals surface area contributed by atoms with Gasteiger partial charge in [-0.15, -0.1) is 0 Å². The Labute approximate surface area is 130 Å². The van der Waals surface area contributed by atoms with E-state index in [4.69, 9.17) is 10.6 Å². The Morgan fingerprint density at radius 3 is 2.65 bits per heavy atom. The number of halogens is 1. The van der Waals surface area contributed by atoms with E-state index in [0.717, 1.165) is 14.7 Å². The first-order chi connectivity index (χ1) is 9.58. The largest absolute Gasteiger partial charge is 0.380 e. The molecule has 0 aliphatic heterocycles. The number of carbonyl (C=O) groups is 1. The molecule has 0 atom stereocenters. The van der Waals surface area contributed by atoms with Gasteiger partial charge in [0.1, 0.15) is 0 Å². The normalized spacial score (nSPS) is 11.2. The van der Waals surface area contributed by atoms with Crippen LogP contribution in [0.3, 0.4) is 0 Å². The summed E-state index contributed by atoms with van der Waals surface area (Å²) in [4.78, 5) is 16.8. The molecule has 0 saturated carbocycles. The van der Waals surface area contributed by atoms with Crippen molar-refractivity contribution in [3.8, 4) is 0 Å². The van der Waals surface area contributed by atoms with Gasteiger partial charge in [-0.1, -0.05) is 41.1 Å². The molecule has 2 rings (SSSR count). The highest BCUT2D eigenvalue weighted by molar-refractivity contribution is 14.1. The number of hydrogen-bond acceptors (Lipinski definition) is 3. The number of oxime groups is 1. The molecule has 5 heteroatoms. The molecule has 20 heavy (non-hydrogen) atoms. The molecule has 0 spiro atoms. The van der Waals surface area contributed by atoms with E-state index in [1.54, 1.807) is 12.1 Å². The van der Waals surface area contributed by atoms with E-state index in [-0.39, 0.29) is 5.84 Å². The molecule has 2 aromatic rings. The molecule has 0 heterocycles. The van der Waals surface area contributed by atoms with E-state index in [1.807, 2.05) is 43.3 Å². The van der Waals surface area contributed by atoms with Gasteiger partial charge >= 0.3 is 5.97 Å². The lowest BCUT2D eigenvalue weighted by Crippen LogP contribution is -2.15. The molecule has 0 amide bonds. The summed E-state index contributed by atoms with van der Waals surface area (Å²) in [6, 6.07) is 14.6. The molecular weight excluding hydrogens is 367 g/mol. The van der Waals surface area contributed by atoms with E-state index >= 15 is 0 Å². The number of nitrogens with two attached hydrogens (primary N) is 1. The molecular formula is C15H13IN2O2. The van der Waals surface area contributed by atoms with E-state index in [1.165, 1.54) is 0 Å². The monoisotopic (exact) mass is 380 g/mol. The van der Waals surface area contributed by atoms with Gasteiger partial charge in [-0.2, -0.15) is 0 Å². The van der Waals surface area contributed by atoms with Crippen LogP contribution in [0, 0.1) is 10.5 Å². The van der Waals surface area contributed by atoms with Crippen molar-refractivity contribution in [1.82, 2.24) is 0 Å². The summed E-state index contributed by atoms with van der Waals surface area (Å²) in [5.74, 6) is -0.349. The molecule has 102 valence electrons. The Kier molecular flexibility index (Phi) is 4.73. The molecule has 0 saturated heterocycles. The molecule has 0 bridgehead atoms. The highest BCUT2D eigenvalue weighted by atomic mass is 127. The summed E-state index contributed by atoms with van der Waals surface area (Å²) in [6.45, 7) is 1.95. The van der Waals surface area contributed by atoms with Crippen LogP contribution in [0.1, 0.15) is 21.5 Å². The molecule has 0 aromatic heterocycles. The first-order valence-electron chi connectivity index (χ1n) is 5.94. The minimum absolute atomic E-state index is 0.174. The molecule has 0 radical (unpaired) electrons. The lowest BCUT2D eigenvalue weighted by Gasteiger charge is -2.03. The van der Waals surface area contributed by atoms with Crippen molar-refractivity contribution in [2.45, 2.75) is 6.92 Å². The quantitative estimate of drug-likeness (QED) is 0.293. The number of hydrogen-bond donors (Lipinski definition) is 1. The van der Waals surface area contributed by atoms with E-state index in [2.05, 4.69) is 27.7 Å². The van der Waals surface area contributed by atoms with Crippen molar-refractivity contribution in [3.63, 3.8) is 0 Å². The standard InChI is InChI=1S/C15H13IN2O2/c1-10-5-4-6-11(9-10)14(17)18-20-15(19)12-7-2-3-8-13(12)16/h2-9H,1H3,(H2,17,18). The number of rotatable bonds is 3. The third-order valence-electron chi connectivity index (χ3n) is 2.63. The first-order valence-corrected chi connectivity index (χ1v) is 7.02. The van der Waals surface area contributed by atoms with Crippen LogP contribution >= 0.6 is 22.6 Å². The predicted octanol–water partition coefficient (Wildman–Crippen LogP) is 3.08. The second-order valence-corrected chi connectivity index (χ2v) is 5.37. The van der Waals surface area contributed by atoms with Crippen LogP contribution < -0.4 is 5.73 Å². The summed E-state index contributed by atoms with van der Waals surface area (Å²) < 4.78 is 0.805. The fraction of sp³-hybridized carbons (Fsp3) is 0.0667. The minimum Gasteiger partial charge on any atom is -0.380 e. The Balaban J connectivity index is 2.13. The fourth-order valence-electron chi connectivity index (χ4n) is 1.62. The van der Waals surface area contributed by atoms with E-state index in [0.29, 0.717) is 5.56 Å². The lowest BCUT2D eigenvalue weighted by molar-refractivity contribution is 0.0515. The molecule has 2 N–H and O–H groups in total. The van der Waals surface area contributed by atoms with Crippen molar-refractivity contribution in [2.75, 3.05) is 0 Å². The molecule has 0 aliphatic carbocycles. The highest BCUT2D eigenvalue weighted by Gasteiger charge is 2.11. The van der Waals surface area contributed by atoms with Gasteiger partial charge in [0.15, 0.2) is 5.84 Å².